The number of nitrogens with zero attached hydrogens (tertiary/aromatic N) is 2. The second-order valence-corrected chi connectivity index (χ2v) is 18.3. The average molecular weight is 1040 g/mol. The van der Waals surface area contributed by atoms with Crippen LogP contribution in [-0.2, 0) is 56.1 Å². The number of nitrogens with one attached hydrogen (secondary N) is 6. The van der Waals surface area contributed by atoms with E-state index in [9.17, 15) is 51.9 Å². The third kappa shape index (κ3) is 20.2. The minimum atomic E-state index is -1.09. The molecule has 19 nitrogen and oxygen atoms in total. The fraction of sp³-hybridized carbons (Fsp3) is 0.449. The first-order valence-electron chi connectivity index (χ1n) is 23.1. The van der Waals surface area contributed by atoms with Gasteiger partial charge < -0.3 is 41.4 Å². The Kier molecular flexibility index (Phi) is 25.0. The topological polar surface area (TPSA) is 270 Å². The third-order valence-electron chi connectivity index (χ3n) is 10.2. The molecule has 0 aromatic carbocycles. The molecule has 2 aliphatic heterocycles. The zero-order chi connectivity index (χ0) is 53.5. The SMILES string of the molecule is C/C=C1\NC(=O)c2cc(F)cc(n2)CNC(=O)C[C@@H](/C=C/CCS)OC(=O)[C@H](C(C)C)NC1=O.C/C=C1\NC(=O)c2cc(F)cc(n2)CNC(=O)C[C@@H](/C=C/CCSC(=O)CC)OC(=O)[C@H](C(C)C)NC1=O. The number of thioether (sulfide) groups is 1. The molecule has 4 rings (SSSR count). The second-order valence-electron chi connectivity index (χ2n) is 16.7. The summed E-state index contributed by atoms with van der Waals surface area (Å²) in [7, 11) is 0. The number of halogens is 2. The van der Waals surface area contributed by atoms with E-state index in [0.717, 1.165) is 24.3 Å². The maximum atomic E-state index is 14.2. The van der Waals surface area contributed by atoms with Gasteiger partial charge in [-0.05, 0) is 68.6 Å². The summed E-state index contributed by atoms with van der Waals surface area (Å²) in [5.41, 5.74) is -0.650. The van der Waals surface area contributed by atoms with Crippen LogP contribution in [-0.4, -0.2) is 98.3 Å². The minimum absolute atomic E-state index is 0.0650. The van der Waals surface area contributed by atoms with Crippen LogP contribution >= 0.6 is 24.4 Å². The molecule has 2 aromatic rings. The fourth-order valence-corrected chi connectivity index (χ4v) is 7.22. The largest absolute Gasteiger partial charge is 0.456 e. The van der Waals surface area contributed by atoms with Gasteiger partial charge >= 0.3 is 11.9 Å². The predicted molar refractivity (Wildman–Crippen MR) is 266 cm³/mol. The zero-order valence-corrected chi connectivity index (χ0v) is 42.8. The van der Waals surface area contributed by atoms with Crippen molar-refractivity contribution in [2.45, 2.75) is 118 Å². The highest BCUT2D eigenvalue weighted by Crippen LogP contribution is 2.16. The molecular formula is C49H62F2N8O11S2. The lowest BCUT2D eigenvalue weighted by molar-refractivity contribution is -0.153. The van der Waals surface area contributed by atoms with Crippen molar-refractivity contribution in [1.82, 2.24) is 41.9 Å². The van der Waals surface area contributed by atoms with E-state index in [4.69, 9.17) is 9.47 Å². The van der Waals surface area contributed by atoms with Gasteiger partial charge in [0.1, 0.15) is 58.7 Å². The van der Waals surface area contributed by atoms with Crippen molar-refractivity contribution in [2.24, 2.45) is 11.8 Å². The number of carbonyl (C=O) groups is 9. The molecule has 0 saturated heterocycles. The van der Waals surface area contributed by atoms with Crippen molar-refractivity contribution in [1.29, 1.82) is 0 Å². The van der Waals surface area contributed by atoms with Crippen LogP contribution in [0.5, 0.6) is 0 Å². The lowest BCUT2D eigenvalue weighted by Gasteiger charge is -2.24. The summed E-state index contributed by atoms with van der Waals surface area (Å²) in [5, 5.41) is 15.1. The van der Waals surface area contributed by atoms with Crippen molar-refractivity contribution >= 4 is 76.9 Å². The summed E-state index contributed by atoms with van der Waals surface area (Å²) >= 11 is 5.32. The number of rotatable bonds is 10. The molecule has 0 aliphatic carbocycles. The van der Waals surface area contributed by atoms with Gasteiger partial charge in [-0.25, -0.2) is 28.3 Å². The Morgan fingerprint density at radius 1 is 0.694 bits per heavy atom. The van der Waals surface area contributed by atoms with E-state index in [2.05, 4.69) is 54.5 Å². The number of amides is 6. The van der Waals surface area contributed by atoms with E-state index in [-0.39, 0.29) is 77.1 Å². The number of aromatic nitrogens is 2. The highest BCUT2D eigenvalue weighted by molar-refractivity contribution is 8.13. The summed E-state index contributed by atoms with van der Waals surface area (Å²) < 4.78 is 39.4. The summed E-state index contributed by atoms with van der Waals surface area (Å²) in [6.45, 7) is 11.3. The number of thiol groups is 1. The highest BCUT2D eigenvalue weighted by Gasteiger charge is 2.32. The van der Waals surface area contributed by atoms with Crippen LogP contribution in [0.2, 0.25) is 0 Å². The van der Waals surface area contributed by atoms with E-state index in [1.807, 2.05) is 0 Å². The van der Waals surface area contributed by atoms with E-state index >= 15 is 0 Å². The Labute approximate surface area is 426 Å². The first-order chi connectivity index (χ1) is 34.2. The molecule has 4 bridgehead atoms. The molecule has 0 saturated carbocycles. The van der Waals surface area contributed by atoms with Crippen LogP contribution in [0, 0.1) is 23.5 Å². The Morgan fingerprint density at radius 3 is 1.49 bits per heavy atom. The lowest BCUT2D eigenvalue weighted by atomic mass is 10.0. The number of esters is 2. The lowest BCUT2D eigenvalue weighted by Crippen LogP contribution is -2.48. The van der Waals surface area contributed by atoms with E-state index < -0.39 is 83.3 Å². The Morgan fingerprint density at radius 2 is 1.11 bits per heavy atom. The number of pyridine rings is 2. The number of fused-ring (bicyclic) bond motifs is 4. The molecule has 4 heterocycles. The van der Waals surface area contributed by atoms with Crippen LogP contribution < -0.4 is 31.9 Å². The Bertz CT molecular complexity index is 2450. The summed E-state index contributed by atoms with van der Waals surface area (Å²) in [6, 6.07) is 1.86. The molecule has 6 amide bonds. The van der Waals surface area contributed by atoms with E-state index in [1.165, 1.54) is 37.8 Å². The van der Waals surface area contributed by atoms with Crippen LogP contribution in [0.15, 0.2) is 72.1 Å². The van der Waals surface area contributed by atoms with Gasteiger partial charge in [-0.2, -0.15) is 12.6 Å². The average Bonchev–Trinajstić information content (AvgIpc) is 3.32. The first-order valence-corrected chi connectivity index (χ1v) is 24.7. The summed E-state index contributed by atoms with van der Waals surface area (Å²) in [6.07, 6.45) is 8.55. The van der Waals surface area contributed by atoms with Gasteiger partial charge in [0.25, 0.3) is 23.6 Å². The third-order valence-corrected chi connectivity index (χ3v) is 11.5. The Balaban J connectivity index is 0.000000383. The number of hydrogen-bond acceptors (Lipinski definition) is 15. The molecule has 6 N–H and O–H groups in total. The van der Waals surface area contributed by atoms with Crippen molar-refractivity contribution in [3.05, 3.63) is 107 Å². The molecule has 72 heavy (non-hydrogen) atoms. The molecule has 2 aliphatic rings. The van der Waals surface area contributed by atoms with E-state index in [0.29, 0.717) is 30.8 Å². The smallest absolute Gasteiger partial charge is 0.329 e. The van der Waals surface area contributed by atoms with Crippen molar-refractivity contribution in [2.75, 3.05) is 11.5 Å². The highest BCUT2D eigenvalue weighted by atomic mass is 32.2. The van der Waals surface area contributed by atoms with Crippen LogP contribution in [0.1, 0.15) is 113 Å². The summed E-state index contributed by atoms with van der Waals surface area (Å²) in [4.78, 5) is 122. The van der Waals surface area contributed by atoms with Gasteiger partial charge in [-0.15, -0.1) is 0 Å². The summed E-state index contributed by atoms with van der Waals surface area (Å²) in [5.74, 6) is -6.69. The maximum Gasteiger partial charge on any atom is 0.329 e. The van der Waals surface area contributed by atoms with Crippen molar-refractivity contribution in [3.8, 4) is 0 Å². The van der Waals surface area contributed by atoms with Gasteiger partial charge in [-0.1, -0.05) is 70.7 Å². The molecule has 23 heteroatoms. The second kappa shape index (κ2) is 30.2. The van der Waals surface area contributed by atoms with Crippen LogP contribution in [0.25, 0.3) is 0 Å². The monoisotopic (exact) mass is 1040 g/mol. The molecule has 4 atom stereocenters. The van der Waals surface area contributed by atoms with E-state index in [1.54, 1.807) is 58.9 Å². The molecular weight excluding hydrogens is 979 g/mol. The Hall–Kier alpha value is -6.75. The molecule has 0 unspecified atom stereocenters. The predicted octanol–water partition coefficient (Wildman–Crippen LogP) is 4.35. The van der Waals surface area contributed by atoms with Crippen LogP contribution in [0.3, 0.4) is 0 Å². The minimum Gasteiger partial charge on any atom is -0.456 e. The standard InChI is InChI=1S/C26H33FN4O6S.C23H29FN4O5S/c1-5-19-24(34)31-23(15(3)4)26(36)37-18(9-7-8-10-38-22(33)6-2)13-21(32)28-14-17-11-16(27)12-20(29-17)25(35)30-19;1-4-17-21(30)28-20(13(2)3)23(32)33-16(7-5-6-8-34)11-19(29)25-12-15-9-14(24)10-18(26-15)22(31)27-17/h5,7,9,11-12,15,18,23H,6,8,10,13-14H2,1-4H3,(H,28,32)(H,30,35)(H,31,34);4-5,7,9-10,13,16,20,34H,6,8,11-12H2,1-3H3,(H,25,29)(H,27,31)(H,28,30)/b9-7+,19-5-;7-5+,17-4-/t18-,23+;16-,20+/m11/s1. The number of hydrogen-bond donors (Lipinski definition) is 7. The number of cyclic esters (lactones) is 2. The number of ether oxygens (including phenoxy) is 2. The maximum absolute atomic E-state index is 14.2. The zero-order valence-electron chi connectivity index (χ0n) is 41.1. The molecule has 390 valence electrons. The quantitative estimate of drug-likeness (QED) is 0.0574. The van der Waals surface area contributed by atoms with Gasteiger partial charge in [0, 0.05) is 24.3 Å². The van der Waals surface area contributed by atoms with Crippen molar-refractivity contribution < 1.29 is 61.4 Å². The number of allylic oxidation sites excluding steroid dienone is 4. The molecule has 0 spiro atoms. The molecule has 0 radical (unpaired) electrons. The van der Waals surface area contributed by atoms with Crippen molar-refractivity contribution in [3.63, 3.8) is 0 Å². The van der Waals surface area contributed by atoms with Gasteiger partial charge in [0.05, 0.1) is 37.3 Å². The fourth-order valence-electron chi connectivity index (χ4n) is 6.39. The normalized spacial score (nSPS) is 21.3. The van der Waals surface area contributed by atoms with Gasteiger partial charge in [0.15, 0.2) is 5.12 Å². The van der Waals surface area contributed by atoms with Crippen LogP contribution in [0.4, 0.5) is 8.78 Å². The first kappa shape index (κ1) is 59.6. The van der Waals surface area contributed by atoms with Gasteiger partial charge in [0.2, 0.25) is 11.8 Å². The molecule has 0 fully saturated rings. The van der Waals surface area contributed by atoms with Gasteiger partial charge in [-0.3, -0.25) is 33.6 Å². The molecule has 2 aromatic heterocycles. The number of carbonyl (C=O) groups excluding carboxylic acids is 9.